The Morgan fingerprint density at radius 1 is 1.20 bits per heavy atom. The number of nitrogens with two attached hydrogens (primary N) is 1. The van der Waals surface area contributed by atoms with Crippen LogP contribution >= 0.6 is 23.2 Å². The molecular weight excluding hydrogens is 295 g/mol. The van der Waals surface area contributed by atoms with Crippen molar-refractivity contribution in [2.24, 2.45) is 0 Å². The lowest BCUT2D eigenvalue weighted by molar-refractivity contribution is 0.0989. The monoisotopic (exact) mass is 306 g/mol. The molecule has 0 aliphatic carbocycles. The molecule has 2 aromatic rings. The summed E-state index contributed by atoms with van der Waals surface area (Å²) in [4.78, 5) is 14.3. The second-order valence-electron chi connectivity index (χ2n) is 4.68. The summed E-state index contributed by atoms with van der Waals surface area (Å²) >= 11 is 12.0. The number of rotatable bonds is 1. The summed E-state index contributed by atoms with van der Waals surface area (Å²) < 4.78 is 0. The van der Waals surface area contributed by atoms with Gasteiger partial charge >= 0.3 is 0 Å². The molecule has 0 spiro atoms. The maximum absolute atomic E-state index is 12.6. The van der Waals surface area contributed by atoms with Crippen LogP contribution in [0, 0.1) is 0 Å². The molecule has 2 N–H and O–H groups in total. The Morgan fingerprint density at radius 3 is 2.80 bits per heavy atom. The van der Waals surface area contributed by atoms with Crippen LogP contribution in [-0.4, -0.2) is 12.5 Å². The third kappa shape index (κ3) is 2.13. The number of hydrogen-bond donors (Lipinski definition) is 1. The van der Waals surface area contributed by atoms with Gasteiger partial charge in [-0.1, -0.05) is 29.3 Å². The van der Waals surface area contributed by atoms with Gasteiger partial charge in [-0.25, -0.2) is 0 Å². The number of anilines is 2. The zero-order valence-electron chi connectivity index (χ0n) is 10.6. The largest absolute Gasteiger partial charge is 0.398 e. The fourth-order valence-electron chi connectivity index (χ4n) is 2.48. The molecule has 0 atom stereocenters. The SMILES string of the molecule is Nc1cccc2c1CCN2C(=O)c1cc(Cl)ccc1Cl. The molecule has 3 nitrogen and oxygen atoms in total. The summed E-state index contributed by atoms with van der Waals surface area (Å²) in [6.45, 7) is 0.602. The molecule has 102 valence electrons. The Morgan fingerprint density at radius 2 is 2.00 bits per heavy atom. The molecule has 0 saturated heterocycles. The van der Waals surface area contributed by atoms with Crippen molar-refractivity contribution in [3.63, 3.8) is 0 Å². The molecule has 0 radical (unpaired) electrons. The van der Waals surface area contributed by atoms with Gasteiger partial charge in [-0.15, -0.1) is 0 Å². The van der Waals surface area contributed by atoms with E-state index in [2.05, 4.69) is 0 Å². The first-order chi connectivity index (χ1) is 9.58. The highest BCUT2D eigenvalue weighted by atomic mass is 35.5. The first kappa shape index (κ1) is 13.3. The fourth-order valence-corrected chi connectivity index (χ4v) is 2.85. The Hall–Kier alpha value is -1.71. The van der Waals surface area contributed by atoms with Crippen LogP contribution in [0.5, 0.6) is 0 Å². The van der Waals surface area contributed by atoms with Crippen LogP contribution in [0.3, 0.4) is 0 Å². The van der Waals surface area contributed by atoms with E-state index in [4.69, 9.17) is 28.9 Å². The molecule has 0 saturated carbocycles. The number of nitrogens with zero attached hydrogens (tertiary/aromatic N) is 1. The van der Waals surface area contributed by atoms with E-state index in [1.165, 1.54) is 0 Å². The van der Waals surface area contributed by atoms with Gasteiger partial charge in [0.25, 0.3) is 5.91 Å². The summed E-state index contributed by atoms with van der Waals surface area (Å²) in [5, 5.41) is 0.890. The molecule has 1 aliphatic rings. The highest BCUT2D eigenvalue weighted by Gasteiger charge is 2.27. The van der Waals surface area contributed by atoms with Crippen molar-refractivity contribution in [1.82, 2.24) is 0 Å². The van der Waals surface area contributed by atoms with Gasteiger partial charge in [0.15, 0.2) is 0 Å². The molecule has 1 aliphatic heterocycles. The second-order valence-corrected chi connectivity index (χ2v) is 5.52. The average Bonchev–Trinajstić information content (AvgIpc) is 2.86. The predicted molar refractivity (Wildman–Crippen MR) is 82.7 cm³/mol. The summed E-state index contributed by atoms with van der Waals surface area (Å²) in [6.07, 6.45) is 0.756. The molecule has 1 heterocycles. The lowest BCUT2D eigenvalue weighted by Gasteiger charge is -2.18. The van der Waals surface area contributed by atoms with Crippen molar-refractivity contribution in [2.45, 2.75) is 6.42 Å². The standard InChI is InChI=1S/C15H12Cl2N2O/c16-9-4-5-12(17)11(8-9)15(20)19-7-6-10-13(18)2-1-3-14(10)19/h1-5,8H,6-7,18H2. The van der Waals surface area contributed by atoms with Crippen molar-refractivity contribution in [1.29, 1.82) is 0 Å². The smallest absolute Gasteiger partial charge is 0.259 e. The Labute approximate surface area is 126 Å². The van der Waals surface area contributed by atoms with E-state index in [1.54, 1.807) is 23.1 Å². The normalized spacial score (nSPS) is 13.4. The highest BCUT2D eigenvalue weighted by Crippen LogP contribution is 2.34. The van der Waals surface area contributed by atoms with Gasteiger partial charge in [-0.05, 0) is 36.8 Å². The second kappa shape index (κ2) is 5.00. The quantitative estimate of drug-likeness (QED) is 0.815. The van der Waals surface area contributed by atoms with Crippen molar-refractivity contribution in [3.8, 4) is 0 Å². The van der Waals surface area contributed by atoms with Crippen LogP contribution in [0.15, 0.2) is 36.4 Å². The minimum absolute atomic E-state index is 0.151. The Balaban J connectivity index is 2.02. The maximum Gasteiger partial charge on any atom is 0.259 e. The average molecular weight is 307 g/mol. The van der Waals surface area contributed by atoms with Crippen molar-refractivity contribution < 1.29 is 4.79 Å². The van der Waals surface area contributed by atoms with Crippen LogP contribution < -0.4 is 10.6 Å². The summed E-state index contributed by atoms with van der Waals surface area (Å²) in [5.41, 5.74) is 8.94. The van der Waals surface area contributed by atoms with Gasteiger partial charge in [0.05, 0.1) is 10.6 Å². The molecule has 3 rings (SSSR count). The molecule has 20 heavy (non-hydrogen) atoms. The van der Waals surface area contributed by atoms with Crippen LogP contribution in [0.25, 0.3) is 0 Å². The van der Waals surface area contributed by atoms with Gasteiger partial charge in [0.1, 0.15) is 0 Å². The molecule has 2 aromatic carbocycles. The number of hydrogen-bond acceptors (Lipinski definition) is 2. The Bertz CT molecular complexity index is 700. The van der Waals surface area contributed by atoms with Crippen LogP contribution in [0.2, 0.25) is 10.0 Å². The molecular formula is C15H12Cl2N2O. The summed E-state index contributed by atoms with van der Waals surface area (Å²) in [5.74, 6) is -0.151. The Kier molecular flexibility index (Phi) is 3.32. The molecule has 0 aromatic heterocycles. The zero-order chi connectivity index (χ0) is 14.3. The van der Waals surface area contributed by atoms with Crippen LogP contribution in [-0.2, 0) is 6.42 Å². The van der Waals surface area contributed by atoms with Gasteiger partial charge < -0.3 is 10.6 Å². The zero-order valence-corrected chi connectivity index (χ0v) is 12.1. The van der Waals surface area contributed by atoms with E-state index in [-0.39, 0.29) is 5.91 Å². The number of carbonyl (C=O) groups is 1. The number of fused-ring (bicyclic) bond motifs is 1. The molecule has 5 heteroatoms. The number of halogens is 2. The van der Waals surface area contributed by atoms with Gasteiger partial charge in [0.2, 0.25) is 0 Å². The predicted octanol–water partition coefficient (Wildman–Crippen LogP) is 3.78. The molecule has 0 bridgehead atoms. The number of nitrogen functional groups attached to an aromatic ring is 1. The molecule has 1 amide bonds. The molecule has 0 fully saturated rings. The maximum atomic E-state index is 12.6. The van der Waals surface area contributed by atoms with Gasteiger partial charge in [-0.2, -0.15) is 0 Å². The van der Waals surface area contributed by atoms with E-state index in [1.807, 2.05) is 18.2 Å². The lowest BCUT2D eigenvalue weighted by atomic mass is 10.1. The summed E-state index contributed by atoms with van der Waals surface area (Å²) in [6, 6.07) is 10.5. The van der Waals surface area contributed by atoms with E-state index < -0.39 is 0 Å². The number of carbonyl (C=O) groups excluding carboxylic acids is 1. The third-order valence-corrected chi connectivity index (χ3v) is 4.03. The first-order valence-corrected chi connectivity index (χ1v) is 6.98. The van der Waals surface area contributed by atoms with Gasteiger partial charge in [-0.3, -0.25) is 4.79 Å². The minimum Gasteiger partial charge on any atom is -0.398 e. The van der Waals surface area contributed by atoms with E-state index >= 15 is 0 Å². The van der Waals surface area contributed by atoms with Gasteiger partial charge in [0, 0.05) is 28.5 Å². The van der Waals surface area contributed by atoms with E-state index in [0.717, 1.165) is 23.4 Å². The van der Waals surface area contributed by atoms with E-state index in [0.29, 0.717) is 22.2 Å². The van der Waals surface area contributed by atoms with Crippen LogP contribution in [0.4, 0.5) is 11.4 Å². The third-order valence-electron chi connectivity index (χ3n) is 3.47. The molecule has 0 unspecified atom stereocenters. The van der Waals surface area contributed by atoms with Crippen molar-refractivity contribution in [2.75, 3.05) is 17.2 Å². The first-order valence-electron chi connectivity index (χ1n) is 6.22. The fraction of sp³-hybridized carbons (Fsp3) is 0.133. The van der Waals surface area contributed by atoms with E-state index in [9.17, 15) is 4.79 Å². The highest BCUT2D eigenvalue weighted by molar-refractivity contribution is 6.36. The van der Waals surface area contributed by atoms with Crippen LogP contribution in [0.1, 0.15) is 15.9 Å². The number of amides is 1. The lowest BCUT2D eigenvalue weighted by Crippen LogP contribution is -2.29. The van der Waals surface area contributed by atoms with Crippen molar-refractivity contribution in [3.05, 3.63) is 57.6 Å². The topological polar surface area (TPSA) is 46.3 Å². The number of benzene rings is 2. The minimum atomic E-state index is -0.151. The van der Waals surface area contributed by atoms with Crippen molar-refractivity contribution >= 4 is 40.5 Å². The summed E-state index contributed by atoms with van der Waals surface area (Å²) in [7, 11) is 0.